The number of hydrogen-bond donors (Lipinski definition) is 2. The number of hydrogen-bond acceptors (Lipinski definition) is 3. The van der Waals surface area contributed by atoms with Crippen molar-refractivity contribution in [2.45, 2.75) is 6.18 Å². The number of allylic oxidation sites excluding steroid dienone is 1. The number of alkyl halides is 3. The van der Waals surface area contributed by atoms with Crippen molar-refractivity contribution in [2.24, 2.45) is 0 Å². The lowest BCUT2D eigenvalue weighted by molar-refractivity contribution is -0.167. The minimum atomic E-state index is -4.98. The maximum absolute atomic E-state index is 12.2. The van der Waals surface area contributed by atoms with Crippen LogP contribution in [-0.4, -0.2) is 23.0 Å². The number of phenolic OH excluding ortho intramolecular Hbond substituents is 1. The molecule has 0 aliphatic heterocycles. The van der Waals surface area contributed by atoms with Gasteiger partial charge in [0.15, 0.2) is 5.78 Å². The molecule has 0 saturated carbocycles. The summed E-state index contributed by atoms with van der Waals surface area (Å²) in [4.78, 5) is 22.8. The van der Waals surface area contributed by atoms with Crippen LogP contribution >= 0.6 is 11.6 Å². The van der Waals surface area contributed by atoms with E-state index in [2.05, 4.69) is 0 Å². The van der Waals surface area contributed by atoms with Crippen molar-refractivity contribution < 1.29 is 27.9 Å². The van der Waals surface area contributed by atoms with E-state index in [9.17, 15) is 27.9 Å². The molecule has 1 amide bonds. The minimum absolute atomic E-state index is 0.0758. The average Bonchev–Trinajstić information content (AvgIpc) is 2.55. The Labute approximate surface area is 145 Å². The van der Waals surface area contributed by atoms with Gasteiger partial charge in [0.1, 0.15) is 5.75 Å². The first kappa shape index (κ1) is 18.5. The lowest BCUT2D eigenvalue weighted by Gasteiger charge is -2.07. The maximum Gasteiger partial charge on any atom is 0.471 e. The zero-order valence-corrected chi connectivity index (χ0v) is 13.2. The van der Waals surface area contributed by atoms with E-state index in [-0.39, 0.29) is 22.0 Å². The van der Waals surface area contributed by atoms with Crippen LogP contribution in [0.25, 0.3) is 6.08 Å². The third kappa shape index (κ3) is 5.09. The molecule has 0 unspecified atom stereocenters. The molecule has 0 radical (unpaired) electrons. The highest BCUT2D eigenvalue weighted by Gasteiger charge is 2.38. The Bertz CT molecular complexity index is 830. The first-order chi connectivity index (χ1) is 11.7. The minimum Gasteiger partial charge on any atom is -0.506 e. The monoisotopic (exact) mass is 369 g/mol. The second-order valence-electron chi connectivity index (χ2n) is 4.94. The van der Waals surface area contributed by atoms with Gasteiger partial charge in [0, 0.05) is 11.3 Å². The number of carbonyl (C=O) groups excluding carboxylic acids is 2. The van der Waals surface area contributed by atoms with Gasteiger partial charge in [-0.1, -0.05) is 23.7 Å². The van der Waals surface area contributed by atoms with Crippen molar-refractivity contribution in [3.8, 4) is 5.75 Å². The highest BCUT2D eigenvalue weighted by atomic mass is 35.5. The summed E-state index contributed by atoms with van der Waals surface area (Å²) in [5.74, 6) is -2.56. The molecular formula is C17H11ClF3NO3. The van der Waals surface area contributed by atoms with Gasteiger partial charge in [-0.25, -0.2) is 0 Å². The number of ketones is 1. The quantitative estimate of drug-likeness (QED) is 0.618. The van der Waals surface area contributed by atoms with E-state index in [1.807, 2.05) is 0 Å². The van der Waals surface area contributed by atoms with E-state index < -0.39 is 17.9 Å². The van der Waals surface area contributed by atoms with Crippen LogP contribution in [0.3, 0.4) is 0 Å². The molecule has 2 rings (SSSR count). The summed E-state index contributed by atoms with van der Waals surface area (Å²) in [5.41, 5.74) is 0.740. The highest BCUT2D eigenvalue weighted by molar-refractivity contribution is 6.32. The van der Waals surface area contributed by atoms with E-state index in [1.165, 1.54) is 48.6 Å². The Morgan fingerprint density at radius 3 is 2.28 bits per heavy atom. The molecule has 0 bridgehead atoms. The number of amides is 1. The van der Waals surface area contributed by atoms with Crippen molar-refractivity contribution in [3.63, 3.8) is 0 Å². The highest BCUT2D eigenvalue weighted by Crippen LogP contribution is 2.24. The summed E-state index contributed by atoms with van der Waals surface area (Å²) in [6.07, 6.45) is -2.25. The Kier molecular flexibility index (Phi) is 5.48. The summed E-state index contributed by atoms with van der Waals surface area (Å²) in [6.45, 7) is 0. The topological polar surface area (TPSA) is 66.4 Å². The molecule has 0 saturated heterocycles. The zero-order valence-electron chi connectivity index (χ0n) is 12.5. The fourth-order valence-electron chi connectivity index (χ4n) is 1.81. The number of nitrogens with one attached hydrogen (secondary N) is 1. The Morgan fingerprint density at radius 2 is 1.72 bits per heavy atom. The Morgan fingerprint density at radius 1 is 1.08 bits per heavy atom. The molecule has 25 heavy (non-hydrogen) atoms. The molecule has 130 valence electrons. The second-order valence-corrected chi connectivity index (χ2v) is 5.34. The molecule has 0 spiro atoms. The van der Waals surface area contributed by atoms with Gasteiger partial charge in [-0.2, -0.15) is 13.2 Å². The van der Waals surface area contributed by atoms with Gasteiger partial charge in [0.25, 0.3) is 0 Å². The third-order valence-electron chi connectivity index (χ3n) is 3.08. The summed E-state index contributed by atoms with van der Waals surface area (Å²) in [7, 11) is 0. The number of benzene rings is 2. The molecule has 0 aromatic heterocycles. The van der Waals surface area contributed by atoms with Crippen LogP contribution in [-0.2, 0) is 4.79 Å². The van der Waals surface area contributed by atoms with Crippen LogP contribution in [0.4, 0.5) is 18.9 Å². The predicted molar refractivity (Wildman–Crippen MR) is 87.6 cm³/mol. The van der Waals surface area contributed by atoms with Crippen LogP contribution in [0.2, 0.25) is 5.02 Å². The molecular weight excluding hydrogens is 359 g/mol. The van der Waals surface area contributed by atoms with Gasteiger partial charge in [-0.05, 0) is 48.0 Å². The number of carbonyl (C=O) groups is 2. The average molecular weight is 370 g/mol. The molecule has 0 aliphatic carbocycles. The van der Waals surface area contributed by atoms with Crippen molar-refractivity contribution in [3.05, 3.63) is 64.7 Å². The van der Waals surface area contributed by atoms with Crippen molar-refractivity contribution in [2.75, 3.05) is 5.32 Å². The van der Waals surface area contributed by atoms with E-state index in [0.717, 1.165) is 0 Å². The largest absolute Gasteiger partial charge is 0.506 e. The zero-order chi connectivity index (χ0) is 18.6. The van der Waals surface area contributed by atoms with Gasteiger partial charge in [-0.3, -0.25) is 9.59 Å². The normalized spacial score (nSPS) is 11.5. The number of anilines is 1. The molecule has 0 atom stereocenters. The number of rotatable bonds is 4. The number of halogens is 4. The van der Waals surface area contributed by atoms with Gasteiger partial charge >= 0.3 is 12.1 Å². The Balaban J connectivity index is 2.06. The predicted octanol–water partition coefficient (Wildman–Crippen LogP) is 4.44. The summed E-state index contributed by atoms with van der Waals surface area (Å²) < 4.78 is 36.5. The summed E-state index contributed by atoms with van der Waals surface area (Å²) in [5, 5.41) is 11.1. The van der Waals surface area contributed by atoms with Gasteiger partial charge < -0.3 is 10.4 Å². The van der Waals surface area contributed by atoms with Crippen LogP contribution in [0.15, 0.2) is 48.5 Å². The van der Waals surface area contributed by atoms with Crippen LogP contribution in [0, 0.1) is 0 Å². The molecule has 2 aromatic carbocycles. The van der Waals surface area contributed by atoms with Gasteiger partial charge in [0.2, 0.25) is 0 Å². The number of phenols is 1. The molecule has 0 fully saturated rings. The SMILES string of the molecule is O=C(/C=C/c1ccc(O)c(Cl)c1)c1ccc(NC(=O)C(F)(F)F)cc1. The molecule has 8 heteroatoms. The van der Waals surface area contributed by atoms with Gasteiger partial charge in [-0.15, -0.1) is 0 Å². The molecule has 0 aliphatic rings. The number of aromatic hydroxyl groups is 1. The molecule has 2 N–H and O–H groups in total. The van der Waals surface area contributed by atoms with Gasteiger partial charge in [0.05, 0.1) is 5.02 Å². The van der Waals surface area contributed by atoms with Crippen molar-refractivity contribution in [1.82, 2.24) is 0 Å². The van der Waals surface area contributed by atoms with E-state index >= 15 is 0 Å². The van der Waals surface area contributed by atoms with Crippen molar-refractivity contribution >= 4 is 35.1 Å². The van der Waals surface area contributed by atoms with Crippen molar-refractivity contribution in [1.29, 1.82) is 0 Å². The second kappa shape index (κ2) is 7.40. The molecule has 4 nitrogen and oxygen atoms in total. The summed E-state index contributed by atoms with van der Waals surface area (Å²) in [6, 6.07) is 9.39. The first-order valence-electron chi connectivity index (χ1n) is 6.86. The first-order valence-corrected chi connectivity index (χ1v) is 7.24. The third-order valence-corrected chi connectivity index (χ3v) is 3.39. The fraction of sp³-hybridized carbons (Fsp3) is 0.0588. The molecule has 2 aromatic rings. The maximum atomic E-state index is 12.2. The Hall–Kier alpha value is -2.80. The lowest BCUT2D eigenvalue weighted by atomic mass is 10.1. The van der Waals surface area contributed by atoms with E-state index in [1.54, 1.807) is 11.4 Å². The smallest absolute Gasteiger partial charge is 0.471 e. The standard InChI is InChI=1S/C17H11ClF3NO3/c18-13-9-10(2-8-15(13)24)1-7-14(23)11-3-5-12(6-4-11)22-16(25)17(19,20)21/h1-9,24H,(H,22,25)/b7-1+. The van der Waals surface area contributed by atoms with Crippen LogP contribution in [0.1, 0.15) is 15.9 Å². The van der Waals surface area contributed by atoms with E-state index in [0.29, 0.717) is 5.56 Å². The fourth-order valence-corrected chi connectivity index (χ4v) is 2.00. The van der Waals surface area contributed by atoms with Crippen LogP contribution in [0.5, 0.6) is 5.75 Å². The lowest BCUT2D eigenvalue weighted by Crippen LogP contribution is -2.29. The van der Waals surface area contributed by atoms with Crippen LogP contribution < -0.4 is 5.32 Å². The molecule has 0 heterocycles. The van der Waals surface area contributed by atoms with E-state index in [4.69, 9.17) is 11.6 Å². The summed E-state index contributed by atoms with van der Waals surface area (Å²) >= 11 is 5.75.